The zero-order valence-corrected chi connectivity index (χ0v) is 12.7. The summed E-state index contributed by atoms with van der Waals surface area (Å²) in [4.78, 5) is 11.9. The number of tetrazole rings is 1. The van der Waals surface area contributed by atoms with Crippen molar-refractivity contribution in [1.82, 2.24) is 25.5 Å². The molecule has 0 atom stereocenters. The Morgan fingerprint density at radius 3 is 2.57 bits per heavy atom. The summed E-state index contributed by atoms with van der Waals surface area (Å²) in [6.07, 6.45) is 0. The van der Waals surface area contributed by atoms with Crippen LogP contribution in [0.2, 0.25) is 5.02 Å². The molecule has 3 rings (SSSR count). The van der Waals surface area contributed by atoms with Gasteiger partial charge in [-0.25, -0.2) is 4.79 Å². The van der Waals surface area contributed by atoms with Crippen LogP contribution in [0.25, 0.3) is 5.69 Å². The topological polar surface area (TPSA) is 84.7 Å². The number of amides is 2. The second kappa shape index (κ2) is 6.89. The van der Waals surface area contributed by atoms with Crippen molar-refractivity contribution in [2.75, 3.05) is 5.32 Å². The Morgan fingerprint density at radius 1 is 1.09 bits per heavy atom. The summed E-state index contributed by atoms with van der Waals surface area (Å²) in [5, 5.41) is 17.5. The molecule has 0 unspecified atom stereocenters. The van der Waals surface area contributed by atoms with Gasteiger partial charge in [0.2, 0.25) is 0 Å². The second-order valence-corrected chi connectivity index (χ2v) is 5.09. The molecule has 116 valence electrons. The van der Waals surface area contributed by atoms with Gasteiger partial charge in [0.25, 0.3) is 0 Å². The van der Waals surface area contributed by atoms with Crippen LogP contribution in [0.15, 0.2) is 54.6 Å². The van der Waals surface area contributed by atoms with E-state index in [1.165, 1.54) is 0 Å². The zero-order valence-electron chi connectivity index (χ0n) is 12.0. The van der Waals surface area contributed by atoms with Gasteiger partial charge in [-0.3, -0.25) is 0 Å². The number of halogens is 1. The maximum Gasteiger partial charge on any atom is 0.319 e. The fourth-order valence-electron chi connectivity index (χ4n) is 1.95. The number of nitrogens with zero attached hydrogens (tertiary/aromatic N) is 4. The van der Waals surface area contributed by atoms with Crippen molar-refractivity contribution in [2.24, 2.45) is 0 Å². The zero-order chi connectivity index (χ0) is 16.1. The van der Waals surface area contributed by atoms with Gasteiger partial charge in [0, 0.05) is 10.7 Å². The molecule has 0 radical (unpaired) electrons. The number of hydrogen-bond donors (Lipinski definition) is 2. The minimum atomic E-state index is -0.352. The van der Waals surface area contributed by atoms with Gasteiger partial charge in [-0.15, -0.1) is 5.10 Å². The van der Waals surface area contributed by atoms with E-state index >= 15 is 0 Å². The van der Waals surface area contributed by atoms with E-state index in [0.717, 1.165) is 5.69 Å². The van der Waals surface area contributed by atoms with Crippen molar-refractivity contribution >= 4 is 23.3 Å². The molecule has 0 saturated carbocycles. The third kappa shape index (κ3) is 3.83. The number of rotatable bonds is 4. The van der Waals surface area contributed by atoms with Crippen molar-refractivity contribution in [1.29, 1.82) is 0 Å². The Labute approximate surface area is 137 Å². The van der Waals surface area contributed by atoms with Crippen LogP contribution in [-0.2, 0) is 6.54 Å². The van der Waals surface area contributed by atoms with E-state index < -0.39 is 0 Å². The molecule has 1 aromatic heterocycles. The summed E-state index contributed by atoms with van der Waals surface area (Å²) in [6.45, 7) is 0.196. The van der Waals surface area contributed by atoms with Crippen molar-refractivity contribution < 1.29 is 4.79 Å². The molecule has 23 heavy (non-hydrogen) atoms. The number of anilines is 1. The molecule has 0 spiro atoms. The number of nitrogens with one attached hydrogen (secondary N) is 2. The van der Waals surface area contributed by atoms with Gasteiger partial charge in [0.15, 0.2) is 5.82 Å². The van der Waals surface area contributed by atoms with Crippen LogP contribution in [0.3, 0.4) is 0 Å². The molecule has 3 aromatic rings. The average Bonchev–Trinajstić information content (AvgIpc) is 3.04. The monoisotopic (exact) mass is 328 g/mol. The van der Waals surface area contributed by atoms with Crippen LogP contribution in [0, 0.1) is 0 Å². The van der Waals surface area contributed by atoms with Gasteiger partial charge in [-0.1, -0.05) is 29.8 Å². The highest BCUT2D eigenvalue weighted by molar-refractivity contribution is 6.30. The standard InChI is InChI=1S/C15H13ClN6O/c16-11-6-8-12(9-7-11)18-15(23)17-10-14-19-20-21-22(14)13-4-2-1-3-5-13/h1-9H,10H2,(H2,17,18,23). The molecule has 0 aliphatic carbocycles. The number of urea groups is 1. The normalized spacial score (nSPS) is 10.3. The summed E-state index contributed by atoms with van der Waals surface area (Å²) in [6, 6.07) is 15.9. The van der Waals surface area contributed by atoms with Gasteiger partial charge in [-0.05, 0) is 46.8 Å². The van der Waals surface area contributed by atoms with Crippen LogP contribution < -0.4 is 10.6 Å². The van der Waals surface area contributed by atoms with Gasteiger partial charge in [0.05, 0.1) is 12.2 Å². The predicted molar refractivity (Wildman–Crippen MR) is 86.5 cm³/mol. The van der Waals surface area contributed by atoms with Crippen LogP contribution in [0.1, 0.15) is 5.82 Å². The highest BCUT2D eigenvalue weighted by atomic mass is 35.5. The largest absolute Gasteiger partial charge is 0.330 e. The SMILES string of the molecule is O=C(NCc1nnnn1-c1ccccc1)Nc1ccc(Cl)cc1. The average molecular weight is 329 g/mol. The first-order valence-electron chi connectivity index (χ1n) is 6.85. The lowest BCUT2D eigenvalue weighted by Crippen LogP contribution is -2.29. The molecule has 1 heterocycles. The molecule has 2 N–H and O–H groups in total. The Balaban J connectivity index is 1.62. The van der Waals surface area contributed by atoms with Crippen LogP contribution in [0.5, 0.6) is 0 Å². The minimum Gasteiger partial charge on any atom is -0.330 e. The van der Waals surface area contributed by atoms with Crippen molar-refractivity contribution in [3.8, 4) is 5.69 Å². The fourth-order valence-corrected chi connectivity index (χ4v) is 2.08. The van der Waals surface area contributed by atoms with Gasteiger partial charge < -0.3 is 10.6 Å². The molecule has 0 aliphatic heterocycles. The van der Waals surface area contributed by atoms with E-state index in [2.05, 4.69) is 26.2 Å². The van der Waals surface area contributed by atoms with Gasteiger partial charge in [0.1, 0.15) is 0 Å². The lowest BCUT2D eigenvalue weighted by molar-refractivity contribution is 0.251. The first kappa shape index (κ1) is 15.0. The summed E-state index contributed by atoms with van der Waals surface area (Å²) < 4.78 is 1.57. The molecule has 2 aromatic carbocycles. The number of carbonyl (C=O) groups is 1. The molecule has 0 saturated heterocycles. The minimum absolute atomic E-state index is 0.196. The van der Waals surface area contributed by atoms with Crippen molar-refractivity contribution in [2.45, 2.75) is 6.54 Å². The Morgan fingerprint density at radius 2 is 1.83 bits per heavy atom. The molecular formula is C15H13ClN6O. The van der Waals surface area contributed by atoms with Gasteiger partial charge in [-0.2, -0.15) is 4.68 Å². The third-order valence-corrected chi connectivity index (χ3v) is 3.30. The first-order valence-corrected chi connectivity index (χ1v) is 7.23. The maximum absolute atomic E-state index is 11.9. The van der Waals surface area contributed by atoms with E-state index in [1.807, 2.05) is 30.3 Å². The highest BCUT2D eigenvalue weighted by Crippen LogP contribution is 2.13. The summed E-state index contributed by atoms with van der Waals surface area (Å²) in [7, 11) is 0. The first-order chi connectivity index (χ1) is 11.2. The predicted octanol–water partition coefficient (Wildman–Crippen LogP) is 2.64. The number of hydrogen-bond acceptors (Lipinski definition) is 4. The highest BCUT2D eigenvalue weighted by Gasteiger charge is 2.09. The lowest BCUT2D eigenvalue weighted by atomic mass is 10.3. The molecule has 2 amide bonds. The van der Waals surface area contributed by atoms with Gasteiger partial charge >= 0.3 is 6.03 Å². The Hall–Kier alpha value is -2.93. The molecule has 0 fully saturated rings. The lowest BCUT2D eigenvalue weighted by Gasteiger charge is -2.08. The van der Waals surface area contributed by atoms with Crippen molar-refractivity contribution in [3.05, 3.63) is 65.4 Å². The molecular weight excluding hydrogens is 316 g/mol. The van der Waals surface area contributed by atoms with E-state index in [9.17, 15) is 4.79 Å². The molecule has 7 nitrogen and oxygen atoms in total. The number of aromatic nitrogens is 4. The smallest absolute Gasteiger partial charge is 0.319 e. The van der Waals surface area contributed by atoms with Crippen molar-refractivity contribution in [3.63, 3.8) is 0 Å². The molecule has 0 aliphatic rings. The molecule has 0 bridgehead atoms. The van der Waals surface area contributed by atoms with E-state index in [1.54, 1.807) is 28.9 Å². The van der Waals surface area contributed by atoms with E-state index in [0.29, 0.717) is 16.5 Å². The second-order valence-electron chi connectivity index (χ2n) is 4.66. The Bertz CT molecular complexity index is 787. The van der Waals surface area contributed by atoms with E-state index in [4.69, 9.17) is 11.6 Å². The van der Waals surface area contributed by atoms with E-state index in [-0.39, 0.29) is 12.6 Å². The van der Waals surface area contributed by atoms with Crippen LogP contribution in [0.4, 0.5) is 10.5 Å². The number of para-hydroxylation sites is 1. The summed E-state index contributed by atoms with van der Waals surface area (Å²) >= 11 is 5.80. The quantitative estimate of drug-likeness (QED) is 0.771. The summed E-state index contributed by atoms with van der Waals surface area (Å²) in [5.74, 6) is 0.530. The maximum atomic E-state index is 11.9. The molecule has 8 heteroatoms. The summed E-state index contributed by atoms with van der Waals surface area (Å²) in [5.41, 5.74) is 1.47. The fraction of sp³-hybridized carbons (Fsp3) is 0.0667. The van der Waals surface area contributed by atoms with Crippen LogP contribution in [-0.4, -0.2) is 26.2 Å². The third-order valence-electron chi connectivity index (χ3n) is 3.04. The number of benzene rings is 2. The van der Waals surface area contributed by atoms with Crippen LogP contribution >= 0.6 is 11.6 Å². The number of carbonyl (C=O) groups excluding carboxylic acids is 1. The Kier molecular flexibility index (Phi) is 4.49.